The normalized spacial score (nSPS) is 14.0. The summed E-state index contributed by atoms with van der Waals surface area (Å²) in [4.78, 5) is 15.8. The van der Waals surface area contributed by atoms with Crippen LogP contribution >= 0.6 is 0 Å². The van der Waals surface area contributed by atoms with Gasteiger partial charge in [-0.1, -0.05) is 0 Å². The minimum Gasteiger partial charge on any atom is -0.446 e. The number of pyridine rings is 1. The Balaban J connectivity index is 1.54. The molecule has 7 nitrogen and oxygen atoms in total. The molecule has 0 N–H and O–H groups in total. The van der Waals surface area contributed by atoms with Crippen molar-refractivity contribution in [2.75, 3.05) is 11.4 Å². The van der Waals surface area contributed by atoms with E-state index < -0.39 is 0 Å². The Morgan fingerprint density at radius 1 is 1.15 bits per heavy atom. The van der Waals surface area contributed by atoms with Gasteiger partial charge in [0.1, 0.15) is 12.1 Å². The summed E-state index contributed by atoms with van der Waals surface area (Å²) in [5.74, 6) is 0.930. The molecule has 5 heterocycles. The fourth-order valence-electron chi connectivity index (χ4n) is 3.88. The molecule has 0 spiro atoms. The van der Waals surface area contributed by atoms with Crippen LogP contribution in [0.15, 0.2) is 35.5 Å². The zero-order chi connectivity index (χ0) is 18.5. The van der Waals surface area contributed by atoms with Gasteiger partial charge in [-0.15, -0.1) is 0 Å². The van der Waals surface area contributed by atoms with Gasteiger partial charge in [-0.2, -0.15) is 5.10 Å². The number of hydrogen-bond acceptors (Lipinski definition) is 6. The van der Waals surface area contributed by atoms with E-state index in [4.69, 9.17) is 9.40 Å². The summed E-state index contributed by atoms with van der Waals surface area (Å²) in [6.45, 7) is 5.70. The summed E-state index contributed by atoms with van der Waals surface area (Å²) in [6, 6.07) is 2.24. The minimum absolute atomic E-state index is 0.640. The topological polar surface area (TPSA) is 72.9 Å². The molecule has 4 aromatic heterocycles. The Bertz CT molecular complexity index is 1160. The van der Waals surface area contributed by atoms with Crippen molar-refractivity contribution in [1.82, 2.24) is 24.7 Å². The van der Waals surface area contributed by atoms with Gasteiger partial charge < -0.3 is 9.32 Å². The van der Waals surface area contributed by atoms with E-state index >= 15 is 0 Å². The fraction of sp³-hybridized carbons (Fsp3) is 0.300. The Morgan fingerprint density at radius 2 is 2.04 bits per heavy atom. The number of furan rings is 1. The van der Waals surface area contributed by atoms with Crippen molar-refractivity contribution in [2.45, 2.75) is 26.8 Å². The summed E-state index contributed by atoms with van der Waals surface area (Å²) in [6.07, 6.45) is 8.21. The lowest BCUT2D eigenvalue weighted by molar-refractivity contribution is 0.599. The lowest BCUT2D eigenvalue weighted by atomic mass is 10.0. The second-order valence-corrected chi connectivity index (χ2v) is 7.10. The summed E-state index contributed by atoms with van der Waals surface area (Å²) >= 11 is 0. The number of hydrogen-bond donors (Lipinski definition) is 0. The number of fused-ring (bicyclic) bond motifs is 2. The molecule has 0 saturated carbocycles. The van der Waals surface area contributed by atoms with Crippen LogP contribution in [0.1, 0.15) is 22.5 Å². The second-order valence-electron chi connectivity index (χ2n) is 7.10. The molecule has 27 heavy (non-hydrogen) atoms. The number of aryl methyl sites for hydroxylation is 3. The molecule has 0 amide bonds. The molecule has 1 aliphatic heterocycles. The highest BCUT2D eigenvalue weighted by Gasteiger charge is 2.23. The first-order chi connectivity index (χ1) is 13.1. The molecule has 136 valence electrons. The molecule has 0 unspecified atom stereocenters. The highest BCUT2D eigenvalue weighted by Crippen LogP contribution is 2.32. The average Bonchev–Trinajstić information content (AvgIpc) is 3.22. The van der Waals surface area contributed by atoms with Gasteiger partial charge in [0.05, 0.1) is 17.3 Å². The van der Waals surface area contributed by atoms with Crippen LogP contribution in [-0.4, -0.2) is 31.3 Å². The minimum atomic E-state index is 0.640. The Kier molecular flexibility index (Phi) is 3.50. The van der Waals surface area contributed by atoms with Crippen LogP contribution < -0.4 is 4.90 Å². The quantitative estimate of drug-likeness (QED) is 0.547. The Hall–Kier alpha value is -3.22. The van der Waals surface area contributed by atoms with Crippen LogP contribution in [0.3, 0.4) is 0 Å². The summed E-state index contributed by atoms with van der Waals surface area (Å²) in [5.41, 5.74) is 7.33. The van der Waals surface area contributed by atoms with E-state index in [-0.39, 0.29) is 0 Å². The monoisotopic (exact) mass is 360 g/mol. The van der Waals surface area contributed by atoms with Crippen LogP contribution in [0, 0.1) is 13.8 Å². The highest BCUT2D eigenvalue weighted by molar-refractivity contribution is 5.89. The lowest BCUT2D eigenvalue weighted by Gasteiger charge is -2.29. The zero-order valence-corrected chi connectivity index (χ0v) is 15.6. The average molecular weight is 360 g/mol. The molecule has 5 rings (SSSR count). The van der Waals surface area contributed by atoms with E-state index in [2.05, 4.69) is 26.0 Å². The van der Waals surface area contributed by atoms with Crippen LogP contribution in [0.5, 0.6) is 0 Å². The summed E-state index contributed by atoms with van der Waals surface area (Å²) < 4.78 is 7.39. The van der Waals surface area contributed by atoms with Crippen molar-refractivity contribution < 1.29 is 4.42 Å². The highest BCUT2D eigenvalue weighted by atomic mass is 16.3. The predicted molar refractivity (Wildman–Crippen MR) is 102 cm³/mol. The molecule has 7 heteroatoms. The first kappa shape index (κ1) is 16.0. The molecule has 0 atom stereocenters. The van der Waals surface area contributed by atoms with Gasteiger partial charge in [-0.25, -0.2) is 9.97 Å². The zero-order valence-electron chi connectivity index (χ0n) is 15.6. The van der Waals surface area contributed by atoms with Crippen molar-refractivity contribution in [2.24, 2.45) is 7.05 Å². The third kappa shape index (κ3) is 2.58. The van der Waals surface area contributed by atoms with Gasteiger partial charge in [0, 0.05) is 61.3 Å². The second kappa shape index (κ2) is 5.90. The maximum absolute atomic E-state index is 5.54. The van der Waals surface area contributed by atoms with Gasteiger partial charge >= 0.3 is 0 Å². The third-order valence-electron chi connectivity index (χ3n) is 5.20. The van der Waals surface area contributed by atoms with E-state index in [0.29, 0.717) is 5.71 Å². The van der Waals surface area contributed by atoms with Gasteiger partial charge in [-0.05, 0) is 25.5 Å². The first-order valence-corrected chi connectivity index (χ1v) is 9.02. The van der Waals surface area contributed by atoms with Crippen molar-refractivity contribution in [3.63, 3.8) is 0 Å². The van der Waals surface area contributed by atoms with Gasteiger partial charge in [-0.3, -0.25) is 9.67 Å². The maximum Gasteiger partial charge on any atom is 0.231 e. The van der Waals surface area contributed by atoms with Gasteiger partial charge in [0.15, 0.2) is 0 Å². The van der Waals surface area contributed by atoms with Crippen molar-refractivity contribution in [1.29, 1.82) is 0 Å². The molecule has 0 aromatic carbocycles. The van der Waals surface area contributed by atoms with Crippen molar-refractivity contribution in [3.05, 3.63) is 53.6 Å². The Morgan fingerprint density at radius 3 is 2.85 bits per heavy atom. The predicted octanol–water partition coefficient (Wildman–Crippen LogP) is 3.20. The number of rotatable bonds is 2. The third-order valence-corrected chi connectivity index (χ3v) is 5.20. The van der Waals surface area contributed by atoms with Crippen LogP contribution in [-0.2, 0) is 20.0 Å². The van der Waals surface area contributed by atoms with E-state index in [1.54, 1.807) is 12.6 Å². The number of anilines is 1. The first-order valence-electron chi connectivity index (χ1n) is 9.02. The van der Waals surface area contributed by atoms with Gasteiger partial charge in [0.2, 0.25) is 5.71 Å². The SMILES string of the molecule is Cc1nn(C)cc1-c1cnc2c(c1)CN(c1ncnc3occ(C)c13)CC2. The van der Waals surface area contributed by atoms with Gasteiger partial charge in [0.25, 0.3) is 0 Å². The van der Waals surface area contributed by atoms with Crippen LogP contribution in [0.25, 0.3) is 22.2 Å². The smallest absolute Gasteiger partial charge is 0.231 e. The van der Waals surface area contributed by atoms with E-state index in [1.165, 1.54) is 5.56 Å². The van der Waals surface area contributed by atoms with E-state index in [0.717, 1.165) is 58.8 Å². The number of nitrogens with zero attached hydrogens (tertiary/aromatic N) is 6. The summed E-state index contributed by atoms with van der Waals surface area (Å²) in [5, 5.41) is 5.44. The molecule has 4 aromatic rings. The Labute approximate surface area is 156 Å². The molecule has 0 saturated heterocycles. The molecule has 0 aliphatic carbocycles. The molecule has 0 radical (unpaired) electrons. The summed E-state index contributed by atoms with van der Waals surface area (Å²) in [7, 11) is 1.94. The van der Waals surface area contributed by atoms with Crippen molar-refractivity contribution >= 4 is 16.9 Å². The van der Waals surface area contributed by atoms with Crippen molar-refractivity contribution in [3.8, 4) is 11.1 Å². The molecule has 1 aliphatic rings. The molecule has 0 fully saturated rings. The maximum atomic E-state index is 5.54. The van der Waals surface area contributed by atoms with E-state index in [9.17, 15) is 0 Å². The van der Waals surface area contributed by atoms with Crippen LogP contribution in [0.4, 0.5) is 5.82 Å². The van der Waals surface area contributed by atoms with Crippen LogP contribution in [0.2, 0.25) is 0 Å². The fourth-order valence-corrected chi connectivity index (χ4v) is 3.88. The molecular weight excluding hydrogens is 340 g/mol. The largest absolute Gasteiger partial charge is 0.446 e. The molecular formula is C20H20N6O. The lowest BCUT2D eigenvalue weighted by Crippen LogP contribution is -2.31. The van der Waals surface area contributed by atoms with E-state index in [1.807, 2.05) is 38.0 Å². The standard InChI is InChI=1S/C20H20N6O/c1-12-10-27-20-18(12)19(22-11-23-20)26-5-4-17-15(8-26)6-14(7-21-17)16-9-25(3)24-13(16)2/h6-7,9-11H,4-5,8H2,1-3H3. The number of aromatic nitrogens is 5. The molecule has 0 bridgehead atoms.